The lowest BCUT2D eigenvalue weighted by atomic mass is 10.2. The standard InChI is InChI=1S/C14H10Br2N2OS/c15-10-5-3-4-9(8-10)13(19)18-14(20)17-12-7-2-1-6-11(12)16/h1-8H,(H2,17,18,19,20). The lowest BCUT2D eigenvalue weighted by Gasteiger charge is -2.11. The zero-order valence-corrected chi connectivity index (χ0v) is 14.2. The van der Waals surface area contributed by atoms with Gasteiger partial charge in [-0.05, 0) is 58.5 Å². The van der Waals surface area contributed by atoms with Crippen LogP contribution in [0, 0.1) is 0 Å². The molecule has 20 heavy (non-hydrogen) atoms. The number of thiocarbonyl (C=S) groups is 1. The topological polar surface area (TPSA) is 41.1 Å². The molecule has 0 aromatic heterocycles. The van der Waals surface area contributed by atoms with E-state index in [0.717, 1.165) is 14.6 Å². The van der Waals surface area contributed by atoms with Gasteiger partial charge in [0, 0.05) is 14.5 Å². The number of halogens is 2. The molecule has 0 saturated heterocycles. The van der Waals surface area contributed by atoms with Crippen LogP contribution in [0.2, 0.25) is 0 Å². The SMILES string of the molecule is O=C(NC(=S)Nc1ccccc1Br)c1cccc(Br)c1. The number of amides is 1. The summed E-state index contributed by atoms with van der Waals surface area (Å²) in [6.45, 7) is 0. The van der Waals surface area contributed by atoms with Gasteiger partial charge in [-0.1, -0.05) is 34.1 Å². The Morgan fingerprint density at radius 1 is 1.05 bits per heavy atom. The molecule has 2 rings (SSSR count). The lowest BCUT2D eigenvalue weighted by Crippen LogP contribution is -2.34. The highest BCUT2D eigenvalue weighted by molar-refractivity contribution is 9.10. The van der Waals surface area contributed by atoms with Crippen molar-refractivity contribution in [2.75, 3.05) is 5.32 Å². The highest BCUT2D eigenvalue weighted by Crippen LogP contribution is 2.21. The van der Waals surface area contributed by atoms with E-state index < -0.39 is 0 Å². The number of carbonyl (C=O) groups excluding carboxylic acids is 1. The van der Waals surface area contributed by atoms with Gasteiger partial charge in [0.05, 0.1) is 5.69 Å². The molecule has 0 radical (unpaired) electrons. The van der Waals surface area contributed by atoms with Crippen LogP contribution in [0.25, 0.3) is 0 Å². The van der Waals surface area contributed by atoms with E-state index in [0.29, 0.717) is 5.56 Å². The van der Waals surface area contributed by atoms with Gasteiger partial charge in [-0.25, -0.2) is 0 Å². The number of rotatable bonds is 2. The van der Waals surface area contributed by atoms with Crippen LogP contribution in [0.1, 0.15) is 10.4 Å². The molecular weight excluding hydrogens is 404 g/mol. The number of hydrogen-bond donors (Lipinski definition) is 2. The largest absolute Gasteiger partial charge is 0.331 e. The molecule has 2 aromatic rings. The van der Waals surface area contributed by atoms with E-state index in [2.05, 4.69) is 42.5 Å². The Balaban J connectivity index is 2.02. The Morgan fingerprint density at radius 3 is 2.50 bits per heavy atom. The predicted octanol–water partition coefficient (Wildman–Crippen LogP) is 4.34. The van der Waals surface area contributed by atoms with E-state index in [-0.39, 0.29) is 11.0 Å². The van der Waals surface area contributed by atoms with Crippen LogP contribution < -0.4 is 10.6 Å². The van der Waals surface area contributed by atoms with Crippen molar-refractivity contribution in [1.82, 2.24) is 5.32 Å². The molecule has 0 unspecified atom stereocenters. The summed E-state index contributed by atoms with van der Waals surface area (Å²) in [6.07, 6.45) is 0. The average Bonchev–Trinajstić information content (AvgIpc) is 2.41. The number of benzene rings is 2. The summed E-state index contributed by atoms with van der Waals surface area (Å²) < 4.78 is 1.72. The van der Waals surface area contributed by atoms with Gasteiger partial charge in [0.2, 0.25) is 0 Å². The molecule has 0 heterocycles. The van der Waals surface area contributed by atoms with Crippen LogP contribution in [0.15, 0.2) is 57.5 Å². The zero-order chi connectivity index (χ0) is 14.5. The van der Waals surface area contributed by atoms with Crippen molar-refractivity contribution in [3.05, 3.63) is 63.0 Å². The third kappa shape index (κ3) is 4.13. The summed E-state index contributed by atoms with van der Waals surface area (Å²) in [5, 5.41) is 5.86. The van der Waals surface area contributed by atoms with Crippen LogP contribution in [-0.4, -0.2) is 11.0 Å². The van der Waals surface area contributed by atoms with E-state index >= 15 is 0 Å². The van der Waals surface area contributed by atoms with Crippen molar-refractivity contribution in [2.45, 2.75) is 0 Å². The van der Waals surface area contributed by atoms with Gasteiger partial charge in [0.15, 0.2) is 5.11 Å². The van der Waals surface area contributed by atoms with Crippen LogP contribution in [0.3, 0.4) is 0 Å². The van der Waals surface area contributed by atoms with E-state index in [1.807, 2.05) is 30.3 Å². The highest BCUT2D eigenvalue weighted by Gasteiger charge is 2.09. The normalized spacial score (nSPS) is 9.90. The van der Waals surface area contributed by atoms with Crippen molar-refractivity contribution >= 4 is 60.8 Å². The summed E-state index contributed by atoms with van der Waals surface area (Å²) in [7, 11) is 0. The van der Waals surface area contributed by atoms with Gasteiger partial charge < -0.3 is 5.32 Å². The van der Waals surface area contributed by atoms with Gasteiger partial charge in [-0.15, -0.1) is 0 Å². The smallest absolute Gasteiger partial charge is 0.257 e. The Hall–Kier alpha value is -1.24. The summed E-state index contributed by atoms with van der Waals surface area (Å²) >= 11 is 11.9. The first-order chi connectivity index (χ1) is 9.56. The molecule has 0 atom stereocenters. The van der Waals surface area contributed by atoms with Gasteiger partial charge in [0.25, 0.3) is 5.91 Å². The minimum atomic E-state index is -0.254. The van der Waals surface area contributed by atoms with Crippen LogP contribution >= 0.6 is 44.1 Å². The molecule has 2 N–H and O–H groups in total. The van der Waals surface area contributed by atoms with Gasteiger partial charge in [0.1, 0.15) is 0 Å². The number of anilines is 1. The molecule has 102 valence electrons. The summed E-state index contributed by atoms with van der Waals surface area (Å²) in [5.41, 5.74) is 1.34. The van der Waals surface area contributed by atoms with Crippen molar-refractivity contribution in [2.24, 2.45) is 0 Å². The molecule has 3 nitrogen and oxygen atoms in total. The Labute approximate surface area is 139 Å². The van der Waals surface area contributed by atoms with Crippen molar-refractivity contribution in [3.8, 4) is 0 Å². The van der Waals surface area contributed by atoms with E-state index in [9.17, 15) is 4.79 Å². The van der Waals surface area contributed by atoms with Crippen molar-refractivity contribution in [3.63, 3.8) is 0 Å². The second-order valence-electron chi connectivity index (χ2n) is 3.90. The molecule has 6 heteroatoms. The monoisotopic (exact) mass is 412 g/mol. The maximum absolute atomic E-state index is 12.0. The molecular formula is C14H10Br2N2OS. The number of hydrogen-bond acceptors (Lipinski definition) is 2. The Morgan fingerprint density at radius 2 is 1.80 bits per heavy atom. The van der Waals surface area contributed by atoms with E-state index in [1.165, 1.54) is 0 Å². The lowest BCUT2D eigenvalue weighted by molar-refractivity contribution is 0.0977. The maximum atomic E-state index is 12.0. The molecule has 2 aromatic carbocycles. The zero-order valence-electron chi connectivity index (χ0n) is 10.2. The Kier molecular flexibility index (Phi) is 5.28. The first-order valence-electron chi connectivity index (χ1n) is 5.68. The molecule has 0 aliphatic heterocycles. The summed E-state index contributed by atoms with van der Waals surface area (Å²) in [5.74, 6) is -0.254. The van der Waals surface area contributed by atoms with Gasteiger partial charge in [-0.2, -0.15) is 0 Å². The van der Waals surface area contributed by atoms with Crippen LogP contribution in [0.4, 0.5) is 5.69 Å². The number of carbonyl (C=O) groups is 1. The molecule has 1 amide bonds. The van der Waals surface area contributed by atoms with Crippen molar-refractivity contribution in [1.29, 1.82) is 0 Å². The van der Waals surface area contributed by atoms with E-state index in [1.54, 1.807) is 18.2 Å². The molecule has 0 aliphatic rings. The maximum Gasteiger partial charge on any atom is 0.257 e. The molecule has 0 fully saturated rings. The fourth-order valence-electron chi connectivity index (χ4n) is 1.52. The first kappa shape index (κ1) is 15.2. The average molecular weight is 414 g/mol. The van der Waals surface area contributed by atoms with Crippen molar-refractivity contribution < 1.29 is 4.79 Å². The number of nitrogens with one attached hydrogen (secondary N) is 2. The Bertz CT molecular complexity index is 661. The van der Waals surface area contributed by atoms with E-state index in [4.69, 9.17) is 12.2 Å². The van der Waals surface area contributed by atoms with Gasteiger partial charge >= 0.3 is 0 Å². The fourth-order valence-corrected chi connectivity index (χ4v) is 2.51. The fraction of sp³-hybridized carbons (Fsp3) is 0. The minimum Gasteiger partial charge on any atom is -0.331 e. The quantitative estimate of drug-likeness (QED) is 0.719. The van der Waals surface area contributed by atoms with Crippen LogP contribution in [0.5, 0.6) is 0 Å². The second kappa shape index (κ2) is 6.97. The van der Waals surface area contributed by atoms with Crippen LogP contribution in [-0.2, 0) is 0 Å². The van der Waals surface area contributed by atoms with Gasteiger partial charge in [-0.3, -0.25) is 10.1 Å². The first-order valence-corrected chi connectivity index (χ1v) is 7.68. The third-order valence-electron chi connectivity index (χ3n) is 2.44. The molecule has 0 bridgehead atoms. The summed E-state index contributed by atoms with van der Waals surface area (Å²) in [4.78, 5) is 12.0. The minimum absolute atomic E-state index is 0.252. The second-order valence-corrected chi connectivity index (χ2v) is 6.08. The molecule has 0 spiro atoms. The summed E-state index contributed by atoms with van der Waals surface area (Å²) in [6, 6.07) is 14.6. The molecule has 0 saturated carbocycles. The number of para-hydroxylation sites is 1. The molecule has 0 aliphatic carbocycles. The highest BCUT2D eigenvalue weighted by atomic mass is 79.9. The third-order valence-corrected chi connectivity index (χ3v) is 3.82. The predicted molar refractivity (Wildman–Crippen MR) is 92.0 cm³/mol.